The molecule has 0 unspecified atom stereocenters. The molecule has 88 valence electrons. The van der Waals surface area contributed by atoms with Crippen LogP contribution in [0, 0.1) is 3.57 Å². The minimum atomic E-state index is -0.937. The molecule has 1 amide bonds. The highest BCUT2D eigenvalue weighted by Gasteiger charge is 2.29. The fourth-order valence-corrected chi connectivity index (χ4v) is 2.96. The van der Waals surface area contributed by atoms with Crippen LogP contribution in [0.25, 0.3) is 0 Å². The highest BCUT2D eigenvalue weighted by atomic mass is 127. The molecule has 0 aliphatic heterocycles. The summed E-state index contributed by atoms with van der Waals surface area (Å²) >= 11 is 5.50. The molecule has 0 bridgehead atoms. The number of anilines is 1. The van der Waals surface area contributed by atoms with Crippen LogP contribution in [-0.2, 0) is 0 Å². The zero-order valence-electron chi connectivity index (χ0n) is 9.29. The number of hydrogen-bond donors (Lipinski definition) is 1. The summed E-state index contributed by atoms with van der Waals surface area (Å²) in [5, 5.41) is 9.27. The molecule has 0 fully saturated rings. The minimum absolute atomic E-state index is 0.459. The van der Waals surface area contributed by atoms with Crippen LogP contribution in [0.4, 0.5) is 10.5 Å². The van der Waals surface area contributed by atoms with Crippen LogP contribution in [0.1, 0.15) is 20.8 Å². The predicted octanol–water partition coefficient (Wildman–Crippen LogP) is 4.34. The first-order chi connectivity index (χ1) is 7.23. The summed E-state index contributed by atoms with van der Waals surface area (Å²) in [5.74, 6) is 0. The van der Waals surface area contributed by atoms with Gasteiger partial charge in [-0.15, -0.1) is 0 Å². The Bertz CT molecular complexity index is 415. The first-order valence-corrected chi connectivity index (χ1v) is 6.59. The van der Waals surface area contributed by atoms with E-state index in [4.69, 9.17) is 0 Å². The topological polar surface area (TPSA) is 40.5 Å². The van der Waals surface area contributed by atoms with Gasteiger partial charge in [0.05, 0.1) is 5.69 Å². The lowest BCUT2D eigenvalue weighted by molar-refractivity contribution is 0.195. The van der Waals surface area contributed by atoms with Gasteiger partial charge in [0.15, 0.2) is 0 Å². The molecule has 0 radical (unpaired) electrons. The molecule has 3 nitrogen and oxygen atoms in total. The number of amides is 1. The van der Waals surface area contributed by atoms with E-state index >= 15 is 0 Å². The lowest BCUT2D eigenvalue weighted by Crippen LogP contribution is -2.45. The van der Waals surface area contributed by atoms with Gasteiger partial charge in [0, 0.05) is 13.6 Å². The number of rotatable bonds is 1. The molecular formula is C11H13BrINO2. The summed E-state index contributed by atoms with van der Waals surface area (Å²) in [7, 11) is 0. The maximum Gasteiger partial charge on any atom is 0.412 e. The Morgan fingerprint density at radius 3 is 2.38 bits per heavy atom. The molecule has 1 rings (SSSR count). The van der Waals surface area contributed by atoms with Gasteiger partial charge in [-0.25, -0.2) is 4.79 Å². The van der Waals surface area contributed by atoms with Gasteiger partial charge < -0.3 is 5.11 Å². The predicted molar refractivity (Wildman–Crippen MR) is 77.1 cm³/mol. The first kappa shape index (κ1) is 13.8. The molecule has 0 heterocycles. The third-order valence-electron chi connectivity index (χ3n) is 2.01. The summed E-state index contributed by atoms with van der Waals surface area (Å²) in [6, 6.07) is 5.56. The number of carbonyl (C=O) groups is 1. The maximum absolute atomic E-state index is 11.3. The van der Waals surface area contributed by atoms with Crippen molar-refractivity contribution >= 4 is 50.3 Å². The second-order valence-electron chi connectivity index (χ2n) is 4.38. The van der Waals surface area contributed by atoms with Crippen molar-refractivity contribution < 1.29 is 9.90 Å². The molecule has 0 aromatic heterocycles. The average molecular weight is 398 g/mol. The van der Waals surface area contributed by atoms with Crippen molar-refractivity contribution in [2.75, 3.05) is 4.90 Å². The summed E-state index contributed by atoms with van der Waals surface area (Å²) in [6.07, 6.45) is -0.937. The van der Waals surface area contributed by atoms with Gasteiger partial charge >= 0.3 is 6.09 Å². The molecule has 0 saturated heterocycles. The summed E-state index contributed by atoms with van der Waals surface area (Å²) in [5.41, 5.74) is 0.253. The summed E-state index contributed by atoms with van der Waals surface area (Å²) in [4.78, 5) is 12.7. The van der Waals surface area contributed by atoms with E-state index in [0.717, 1.165) is 8.04 Å². The fourth-order valence-electron chi connectivity index (χ4n) is 1.41. The highest BCUT2D eigenvalue weighted by Crippen LogP contribution is 2.30. The fraction of sp³-hybridized carbons (Fsp3) is 0.364. The molecule has 5 heteroatoms. The molecule has 1 aromatic carbocycles. The SMILES string of the molecule is CC(C)(C)N(C(=O)O)c1ccc(Br)cc1I. The van der Waals surface area contributed by atoms with E-state index in [2.05, 4.69) is 38.5 Å². The molecule has 1 aromatic rings. The smallest absolute Gasteiger partial charge is 0.412 e. The van der Waals surface area contributed by atoms with Crippen LogP contribution < -0.4 is 4.90 Å². The summed E-state index contributed by atoms with van der Waals surface area (Å²) in [6.45, 7) is 5.62. The van der Waals surface area contributed by atoms with E-state index in [1.54, 1.807) is 0 Å². The van der Waals surface area contributed by atoms with Gasteiger partial charge in [0.1, 0.15) is 0 Å². The zero-order valence-corrected chi connectivity index (χ0v) is 13.0. The molecular weight excluding hydrogens is 385 g/mol. The number of halogens is 2. The molecule has 0 aliphatic carbocycles. The number of nitrogens with zero attached hydrogens (tertiary/aromatic N) is 1. The second-order valence-corrected chi connectivity index (χ2v) is 6.46. The van der Waals surface area contributed by atoms with Crippen molar-refractivity contribution in [1.29, 1.82) is 0 Å². The minimum Gasteiger partial charge on any atom is -0.465 e. The van der Waals surface area contributed by atoms with E-state index < -0.39 is 11.6 Å². The van der Waals surface area contributed by atoms with Crippen molar-refractivity contribution in [1.82, 2.24) is 0 Å². The second kappa shape index (κ2) is 4.91. The van der Waals surface area contributed by atoms with E-state index in [9.17, 15) is 9.90 Å². The molecule has 1 N–H and O–H groups in total. The average Bonchev–Trinajstić information content (AvgIpc) is 2.06. The molecule has 0 spiro atoms. The van der Waals surface area contributed by atoms with Crippen molar-refractivity contribution in [3.63, 3.8) is 0 Å². The van der Waals surface area contributed by atoms with Crippen molar-refractivity contribution in [3.8, 4) is 0 Å². The highest BCUT2D eigenvalue weighted by molar-refractivity contribution is 14.1. The lowest BCUT2D eigenvalue weighted by Gasteiger charge is -2.33. The van der Waals surface area contributed by atoms with Gasteiger partial charge in [0.25, 0.3) is 0 Å². The Morgan fingerprint density at radius 1 is 1.44 bits per heavy atom. The van der Waals surface area contributed by atoms with Crippen molar-refractivity contribution in [2.45, 2.75) is 26.3 Å². The third kappa shape index (κ3) is 3.10. The van der Waals surface area contributed by atoms with E-state index in [-0.39, 0.29) is 0 Å². The van der Waals surface area contributed by atoms with E-state index in [1.165, 1.54) is 4.90 Å². The zero-order chi connectivity index (χ0) is 12.5. The maximum atomic E-state index is 11.3. The van der Waals surface area contributed by atoms with E-state index in [0.29, 0.717) is 5.69 Å². The van der Waals surface area contributed by atoms with Crippen molar-refractivity contribution in [3.05, 3.63) is 26.2 Å². The largest absolute Gasteiger partial charge is 0.465 e. The van der Waals surface area contributed by atoms with Gasteiger partial charge in [-0.2, -0.15) is 0 Å². The summed E-state index contributed by atoms with van der Waals surface area (Å²) < 4.78 is 1.85. The quantitative estimate of drug-likeness (QED) is 0.716. The van der Waals surface area contributed by atoms with Gasteiger partial charge in [-0.1, -0.05) is 15.9 Å². The lowest BCUT2D eigenvalue weighted by atomic mass is 10.1. The normalized spacial score (nSPS) is 11.3. The molecule has 0 atom stereocenters. The number of carboxylic acid groups (broad SMARTS) is 1. The monoisotopic (exact) mass is 397 g/mol. The number of hydrogen-bond acceptors (Lipinski definition) is 1. The Morgan fingerprint density at radius 2 is 2.00 bits per heavy atom. The number of benzene rings is 1. The Balaban J connectivity index is 3.28. The van der Waals surface area contributed by atoms with Gasteiger partial charge in [0.2, 0.25) is 0 Å². The van der Waals surface area contributed by atoms with Crippen LogP contribution in [-0.4, -0.2) is 16.7 Å². The Kier molecular flexibility index (Phi) is 4.23. The van der Waals surface area contributed by atoms with E-state index in [1.807, 2.05) is 39.0 Å². The first-order valence-electron chi connectivity index (χ1n) is 4.71. The molecule has 0 aliphatic rings. The molecule has 0 saturated carbocycles. The van der Waals surface area contributed by atoms with Crippen LogP contribution in [0.5, 0.6) is 0 Å². The standard InChI is InChI=1S/C11H13BrINO2/c1-11(2,3)14(10(15)16)9-5-4-7(12)6-8(9)13/h4-6H,1-3H3,(H,15,16). The Labute approximate surface area is 117 Å². The third-order valence-corrected chi connectivity index (χ3v) is 3.37. The molecule has 16 heavy (non-hydrogen) atoms. The van der Waals surface area contributed by atoms with Gasteiger partial charge in [-0.05, 0) is 61.6 Å². The Hall–Kier alpha value is -0.300. The van der Waals surface area contributed by atoms with Crippen molar-refractivity contribution in [2.24, 2.45) is 0 Å². The van der Waals surface area contributed by atoms with Crippen LogP contribution in [0.3, 0.4) is 0 Å². The van der Waals surface area contributed by atoms with Crippen LogP contribution >= 0.6 is 38.5 Å². The van der Waals surface area contributed by atoms with Gasteiger partial charge in [-0.3, -0.25) is 4.90 Å². The van der Waals surface area contributed by atoms with Crippen LogP contribution in [0.2, 0.25) is 0 Å². The van der Waals surface area contributed by atoms with Crippen LogP contribution in [0.15, 0.2) is 22.7 Å².